The predicted molar refractivity (Wildman–Crippen MR) is 74.0 cm³/mol. The molecule has 100 valence electrons. The summed E-state index contributed by atoms with van der Waals surface area (Å²) < 4.78 is 0. The maximum absolute atomic E-state index is 10.8. The van der Waals surface area contributed by atoms with Gasteiger partial charge in [0, 0.05) is 32.4 Å². The van der Waals surface area contributed by atoms with Crippen molar-refractivity contribution in [2.75, 3.05) is 38.6 Å². The van der Waals surface area contributed by atoms with E-state index in [1.807, 2.05) is 32.3 Å². The molecule has 0 aliphatic carbocycles. The number of hydrogen-bond donors (Lipinski definition) is 1. The van der Waals surface area contributed by atoms with Crippen molar-refractivity contribution >= 4 is 11.7 Å². The third-order valence-electron chi connectivity index (χ3n) is 3.02. The standard InChI is InChI=1S/C14H22N2O2/c1-12(14(17)18)11-15(2)9-10-16(3)13-7-5-4-6-8-13/h4-8,12H,9-11H2,1-3H3,(H,17,18). The Morgan fingerprint density at radius 3 is 2.39 bits per heavy atom. The first-order valence-corrected chi connectivity index (χ1v) is 6.18. The van der Waals surface area contributed by atoms with E-state index in [2.05, 4.69) is 21.9 Å². The Kier molecular flexibility index (Phi) is 5.65. The van der Waals surface area contributed by atoms with Crippen LogP contribution in [0.15, 0.2) is 30.3 Å². The molecule has 1 unspecified atom stereocenters. The Hall–Kier alpha value is -1.55. The fraction of sp³-hybridized carbons (Fsp3) is 0.500. The minimum Gasteiger partial charge on any atom is -0.481 e. The number of rotatable bonds is 7. The van der Waals surface area contributed by atoms with Gasteiger partial charge in [-0.2, -0.15) is 0 Å². The van der Waals surface area contributed by atoms with Crippen molar-refractivity contribution in [2.45, 2.75) is 6.92 Å². The Bertz CT molecular complexity index is 367. The van der Waals surface area contributed by atoms with Crippen LogP contribution in [0, 0.1) is 5.92 Å². The third-order valence-corrected chi connectivity index (χ3v) is 3.02. The molecule has 1 aromatic carbocycles. The molecule has 1 atom stereocenters. The van der Waals surface area contributed by atoms with Gasteiger partial charge in [-0.05, 0) is 19.2 Å². The zero-order chi connectivity index (χ0) is 13.5. The normalized spacial score (nSPS) is 12.4. The lowest BCUT2D eigenvalue weighted by Crippen LogP contribution is -2.35. The number of para-hydroxylation sites is 1. The van der Waals surface area contributed by atoms with Crippen molar-refractivity contribution < 1.29 is 9.90 Å². The molecule has 0 heterocycles. The molecule has 18 heavy (non-hydrogen) atoms. The van der Waals surface area contributed by atoms with Crippen molar-refractivity contribution in [1.82, 2.24) is 4.90 Å². The van der Waals surface area contributed by atoms with Gasteiger partial charge in [-0.15, -0.1) is 0 Å². The number of carboxylic acids is 1. The number of benzene rings is 1. The fourth-order valence-corrected chi connectivity index (χ4v) is 1.77. The van der Waals surface area contributed by atoms with Gasteiger partial charge in [0.2, 0.25) is 0 Å². The molecule has 1 N–H and O–H groups in total. The fourth-order valence-electron chi connectivity index (χ4n) is 1.77. The Labute approximate surface area is 109 Å². The van der Waals surface area contributed by atoms with E-state index in [9.17, 15) is 4.79 Å². The first-order chi connectivity index (χ1) is 8.50. The predicted octanol–water partition coefficient (Wildman–Crippen LogP) is 1.78. The Morgan fingerprint density at radius 1 is 1.22 bits per heavy atom. The van der Waals surface area contributed by atoms with Gasteiger partial charge in [0.05, 0.1) is 5.92 Å². The smallest absolute Gasteiger partial charge is 0.307 e. The highest BCUT2D eigenvalue weighted by molar-refractivity contribution is 5.69. The lowest BCUT2D eigenvalue weighted by atomic mass is 10.2. The molecule has 1 aromatic rings. The summed E-state index contributed by atoms with van der Waals surface area (Å²) >= 11 is 0. The van der Waals surface area contributed by atoms with Gasteiger partial charge in [0.25, 0.3) is 0 Å². The number of likely N-dealkylation sites (N-methyl/N-ethyl adjacent to an activating group) is 2. The van der Waals surface area contributed by atoms with Gasteiger partial charge in [-0.25, -0.2) is 0 Å². The quantitative estimate of drug-likeness (QED) is 0.801. The van der Waals surface area contributed by atoms with E-state index in [0.717, 1.165) is 13.1 Å². The van der Waals surface area contributed by atoms with Crippen LogP contribution < -0.4 is 4.90 Å². The highest BCUT2D eigenvalue weighted by Crippen LogP contribution is 2.10. The molecule has 0 aromatic heterocycles. The van der Waals surface area contributed by atoms with Gasteiger partial charge >= 0.3 is 5.97 Å². The molecule has 0 aliphatic heterocycles. The second kappa shape index (κ2) is 7.01. The number of nitrogens with zero attached hydrogens (tertiary/aromatic N) is 2. The van der Waals surface area contributed by atoms with E-state index < -0.39 is 5.97 Å². The molecular weight excluding hydrogens is 228 g/mol. The monoisotopic (exact) mass is 250 g/mol. The lowest BCUT2D eigenvalue weighted by molar-refractivity contribution is -0.141. The van der Waals surface area contributed by atoms with Crippen molar-refractivity contribution in [2.24, 2.45) is 5.92 Å². The summed E-state index contributed by atoms with van der Waals surface area (Å²) in [7, 11) is 4.00. The number of hydrogen-bond acceptors (Lipinski definition) is 3. The molecule has 0 aliphatic rings. The molecule has 0 spiro atoms. The summed E-state index contributed by atoms with van der Waals surface area (Å²) in [5.41, 5.74) is 1.18. The van der Waals surface area contributed by atoms with Crippen molar-refractivity contribution in [3.8, 4) is 0 Å². The molecular formula is C14H22N2O2. The Morgan fingerprint density at radius 2 is 1.83 bits per heavy atom. The maximum Gasteiger partial charge on any atom is 0.307 e. The zero-order valence-electron chi connectivity index (χ0n) is 11.3. The number of aliphatic carboxylic acids is 1. The third kappa shape index (κ3) is 4.75. The van der Waals surface area contributed by atoms with Crippen LogP contribution in [0.4, 0.5) is 5.69 Å². The molecule has 1 rings (SSSR count). The van der Waals surface area contributed by atoms with Crippen LogP contribution in [0.5, 0.6) is 0 Å². The van der Waals surface area contributed by atoms with Crippen molar-refractivity contribution in [3.63, 3.8) is 0 Å². The average Bonchev–Trinajstić information content (AvgIpc) is 2.36. The van der Waals surface area contributed by atoms with Crippen LogP contribution in [-0.4, -0.2) is 49.7 Å². The van der Waals surface area contributed by atoms with Gasteiger partial charge in [0.1, 0.15) is 0 Å². The van der Waals surface area contributed by atoms with E-state index in [1.54, 1.807) is 6.92 Å². The van der Waals surface area contributed by atoms with Gasteiger partial charge in [-0.1, -0.05) is 25.1 Å². The highest BCUT2D eigenvalue weighted by atomic mass is 16.4. The minimum absolute atomic E-state index is 0.322. The highest BCUT2D eigenvalue weighted by Gasteiger charge is 2.13. The van der Waals surface area contributed by atoms with E-state index in [1.165, 1.54) is 5.69 Å². The molecule has 0 amide bonds. The maximum atomic E-state index is 10.8. The summed E-state index contributed by atoms with van der Waals surface area (Å²) in [6.45, 7) is 4.05. The zero-order valence-corrected chi connectivity index (χ0v) is 11.3. The lowest BCUT2D eigenvalue weighted by Gasteiger charge is -2.24. The van der Waals surface area contributed by atoms with E-state index in [4.69, 9.17) is 5.11 Å². The van der Waals surface area contributed by atoms with E-state index in [0.29, 0.717) is 6.54 Å². The summed E-state index contributed by atoms with van der Waals surface area (Å²) in [6, 6.07) is 10.2. The summed E-state index contributed by atoms with van der Waals surface area (Å²) in [6.07, 6.45) is 0. The average molecular weight is 250 g/mol. The van der Waals surface area contributed by atoms with Gasteiger partial charge < -0.3 is 14.9 Å². The van der Waals surface area contributed by atoms with Crippen LogP contribution in [0.3, 0.4) is 0 Å². The van der Waals surface area contributed by atoms with E-state index >= 15 is 0 Å². The molecule has 4 heteroatoms. The van der Waals surface area contributed by atoms with Crippen LogP contribution in [-0.2, 0) is 4.79 Å². The van der Waals surface area contributed by atoms with Crippen LogP contribution in [0.1, 0.15) is 6.92 Å². The number of anilines is 1. The summed E-state index contributed by atoms with van der Waals surface area (Å²) in [4.78, 5) is 15.0. The van der Waals surface area contributed by atoms with Gasteiger partial charge in [-0.3, -0.25) is 4.79 Å². The molecule has 0 fully saturated rings. The summed E-state index contributed by atoms with van der Waals surface area (Å²) in [5.74, 6) is -1.06. The second-order valence-electron chi connectivity index (χ2n) is 4.76. The van der Waals surface area contributed by atoms with Crippen LogP contribution in [0.2, 0.25) is 0 Å². The Balaban J connectivity index is 2.34. The largest absolute Gasteiger partial charge is 0.481 e. The van der Waals surface area contributed by atoms with Crippen LogP contribution in [0.25, 0.3) is 0 Å². The molecule has 0 radical (unpaired) electrons. The van der Waals surface area contributed by atoms with Crippen LogP contribution >= 0.6 is 0 Å². The minimum atomic E-state index is -0.738. The van der Waals surface area contributed by atoms with E-state index in [-0.39, 0.29) is 5.92 Å². The molecule has 0 saturated heterocycles. The second-order valence-corrected chi connectivity index (χ2v) is 4.76. The molecule has 4 nitrogen and oxygen atoms in total. The molecule has 0 saturated carbocycles. The topological polar surface area (TPSA) is 43.8 Å². The van der Waals surface area contributed by atoms with Crippen molar-refractivity contribution in [3.05, 3.63) is 30.3 Å². The van der Waals surface area contributed by atoms with Gasteiger partial charge in [0.15, 0.2) is 0 Å². The number of carboxylic acid groups (broad SMARTS) is 1. The first-order valence-electron chi connectivity index (χ1n) is 6.18. The van der Waals surface area contributed by atoms with Crippen molar-refractivity contribution in [1.29, 1.82) is 0 Å². The SMILES string of the molecule is CC(CN(C)CCN(C)c1ccccc1)C(=O)O. The summed E-state index contributed by atoms with van der Waals surface area (Å²) in [5, 5.41) is 8.85. The first kappa shape index (κ1) is 14.5. The molecule has 0 bridgehead atoms. The number of carbonyl (C=O) groups is 1.